The normalized spacial score (nSPS) is 12.7. The van der Waals surface area contributed by atoms with E-state index in [9.17, 15) is 19.5 Å². The Morgan fingerprint density at radius 2 is 1.12 bits per heavy atom. The first-order chi connectivity index (χ1) is 23.9. The van der Waals surface area contributed by atoms with E-state index in [0.29, 0.717) is 19.3 Å². The summed E-state index contributed by atoms with van der Waals surface area (Å²) in [5, 5.41) is 9.55. The van der Waals surface area contributed by atoms with E-state index in [0.717, 1.165) is 63.7 Å². The highest BCUT2D eigenvalue weighted by atomic mass is 16.6. The molecule has 0 spiro atoms. The number of ether oxygens (including phenoxy) is 2. The molecular formula is C43H74O6. The van der Waals surface area contributed by atoms with E-state index < -0.39 is 6.10 Å². The SMILES string of the molecule is CCCCCC(=O)/C=C/C=C\C/C=C\C/C=C\CCCC(=O)OC[C@H](CO)OC(=O)CCCCCCCCCCCCCCCCC(C)C. The van der Waals surface area contributed by atoms with Crippen LogP contribution in [-0.4, -0.2) is 42.1 Å². The Morgan fingerprint density at radius 3 is 1.71 bits per heavy atom. The van der Waals surface area contributed by atoms with E-state index in [1.165, 1.54) is 77.0 Å². The Labute approximate surface area is 301 Å². The van der Waals surface area contributed by atoms with Gasteiger partial charge in [0, 0.05) is 19.3 Å². The van der Waals surface area contributed by atoms with Crippen LogP contribution in [0.3, 0.4) is 0 Å². The first kappa shape index (κ1) is 46.5. The van der Waals surface area contributed by atoms with Crippen molar-refractivity contribution < 1.29 is 29.0 Å². The summed E-state index contributed by atoms with van der Waals surface area (Å²) >= 11 is 0. The number of allylic oxidation sites excluding steroid dienone is 8. The van der Waals surface area contributed by atoms with Crippen LogP contribution < -0.4 is 0 Å². The van der Waals surface area contributed by atoms with Crippen LogP contribution in [0, 0.1) is 5.92 Å². The lowest BCUT2D eigenvalue weighted by Crippen LogP contribution is -2.28. The quantitative estimate of drug-likeness (QED) is 0.0235. The summed E-state index contributed by atoms with van der Waals surface area (Å²) < 4.78 is 10.5. The first-order valence-corrected chi connectivity index (χ1v) is 20.0. The van der Waals surface area contributed by atoms with Crippen molar-refractivity contribution in [3.8, 4) is 0 Å². The molecular weight excluding hydrogens is 612 g/mol. The van der Waals surface area contributed by atoms with Crippen molar-refractivity contribution in [2.75, 3.05) is 13.2 Å². The fourth-order valence-electron chi connectivity index (χ4n) is 5.45. The summed E-state index contributed by atoms with van der Waals surface area (Å²) in [5.41, 5.74) is 0. The number of carbonyl (C=O) groups excluding carboxylic acids is 3. The monoisotopic (exact) mass is 687 g/mol. The number of esters is 2. The number of hydrogen-bond donors (Lipinski definition) is 1. The van der Waals surface area contributed by atoms with Crippen LogP contribution in [0.15, 0.2) is 48.6 Å². The lowest BCUT2D eigenvalue weighted by atomic mass is 10.0. The largest absolute Gasteiger partial charge is 0.462 e. The molecule has 0 aromatic rings. The number of ketones is 1. The number of carbonyl (C=O) groups is 3. The van der Waals surface area contributed by atoms with Crippen LogP contribution in [-0.2, 0) is 23.9 Å². The molecule has 0 heterocycles. The van der Waals surface area contributed by atoms with Crippen molar-refractivity contribution >= 4 is 17.7 Å². The summed E-state index contributed by atoms with van der Waals surface area (Å²) in [4.78, 5) is 35.9. The highest BCUT2D eigenvalue weighted by molar-refractivity contribution is 5.89. The van der Waals surface area contributed by atoms with Crippen molar-refractivity contribution in [2.45, 2.75) is 187 Å². The smallest absolute Gasteiger partial charge is 0.306 e. The topological polar surface area (TPSA) is 89.9 Å². The first-order valence-electron chi connectivity index (χ1n) is 20.0. The molecule has 0 unspecified atom stereocenters. The van der Waals surface area contributed by atoms with Crippen molar-refractivity contribution in [1.82, 2.24) is 0 Å². The molecule has 0 aliphatic heterocycles. The second kappa shape index (κ2) is 36.8. The Kier molecular flexibility index (Phi) is 34.9. The second-order valence-corrected chi connectivity index (χ2v) is 13.9. The number of aliphatic hydroxyl groups is 1. The van der Waals surface area contributed by atoms with Crippen LogP contribution in [0.25, 0.3) is 0 Å². The van der Waals surface area contributed by atoms with Gasteiger partial charge in [0.05, 0.1) is 6.61 Å². The van der Waals surface area contributed by atoms with Gasteiger partial charge in [-0.15, -0.1) is 0 Å². The molecule has 49 heavy (non-hydrogen) atoms. The molecule has 0 saturated carbocycles. The van der Waals surface area contributed by atoms with E-state index in [1.54, 1.807) is 6.08 Å². The van der Waals surface area contributed by atoms with Crippen molar-refractivity contribution in [3.05, 3.63) is 48.6 Å². The maximum atomic E-state index is 12.2. The van der Waals surface area contributed by atoms with Gasteiger partial charge in [0.2, 0.25) is 0 Å². The Bertz CT molecular complexity index is 900. The summed E-state index contributed by atoms with van der Waals surface area (Å²) in [6.07, 6.45) is 41.6. The molecule has 0 bridgehead atoms. The minimum Gasteiger partial charge on any atom is -0.462 e. The van der Waals surface area contributed by atoms with Gasteiger partial charge >= 0.3 is 11.9 Å². The zero-order chi connectivity index (χ0) is 36.0. The molecule has 0 aromatic heterocycles. The van der Waals surface area contributed by atoms with Crippen LogP contribution in [0.1, 0.15) is 181 Å². The molecule has 282 valence electrons. The predicted molar refractivity (Wildman–Crippen MR) is 205 cm³/mol. The van der Waals surface area contributed by atoms with E-state index >= 15 is 0 Å². The molecule has 6 nitrogen and oxygen atoms in total. The van der Waals surface area contributed by atoms with Gasteiger partial charge in [-0.25, -0.2) is 0 Å². The third kappa shape index (κ3) is 36.6. The predicted octanol–water partition coefficient (Wildman–Crippen LogP) is 11.7. The third-order valence-corrected chi connectivity index (χ3v) is 8.53. The fraction of sp³-hybridized carbons (Fsp3) is 0.744. The summed E-state index contributed by atoms with van der Waals surface area (Å²) in [7, 11) is 0. The van der Waals surface area contributed by atoms with Gasteiger partial charge in [0.25, 0.3) is 0 Å². The molecule has 0 fully saturated rings. The molecule has 1 atom stereocenters. The Balaban J connectivity index is 3.69. The zero-order valence-electron chi connectivity index (χ0n) is 31.9. The van der Waals surface area contributed by atoms with Crippen molar-refractivity contribution in [1.29, 1.82) is 0 Å². The van der Waals surface area contributed by atoms with Crippen LogP contribution in [0.4, 0.5) is 0 Å². The minimum atomic E-state index is -0.808. The van der Waals surface area contributed by atoms with Gasteiger partial charge in [0.1, 0.15) is 6.61 Å². The van der Waals surface area contributed by atoms with E-state index in [4.69, 9.17) is 9.47 Å². The van der Waals surface area contributed by atoms with Gasteiger partial charge in [0.15, 0.2) is 11.9 Å². The number of unbranched alkanes of at least 4 members (excludes halogenated alkanes) is 16. The molecule has 6 heteroatoms. The van der Waals surface area contributed by atoms with Gasteiger partial charge in [-0.1, -0.05) is 166 Å². The number of hydrogen-bond acceptors (Lipinski definition) is 6. The van der Waals surface area contributed by atoms with Gasteiger partial charge in [-0.05, 0) is 50.5 Å². The number of rotatable bonds is 35. The maximum absolute atomic E-state index is 12.2. The maximum Gasteiger partial charge on any atom is 0.306 e. The lowest BCUT2D eigenvalue weighted by Gasteiger charge is -2.15. The Morgan fingerprint density at radius 1 is 0.592 bits per heavy atom. The highest BCUT2D eigenvalue weighted by Gasteiger charge is 2.16. The summed E-state index contributed by atoms with van der Waals surface area (Å²) in [5.74, 6) is 0.341. The molecule has 0 aliphatic carbocycles. The second-order valence-electron chi connectivity index (χ2n) is 13.9. The zero-order valence-corrected chi connectivity index (χ0v) is 31.9. The van der Waals surface area contributed by atoms with Crippen LogP contribution in [0.2, 0.25) is 0 Å². The molecule has 0 aliphatic rings. The van der Waals surface area contributed by atoms with Crippen LogP contribution in [0.5, 0.6) is 0 Å². The van der Waals surface area contributed by atoms with Gasteiger partial charge in [-0.2, -0.15) is 0 Å². The highest BCUT2D eigenvalue weighted by Crippen LogP contribution is 2.15. The third-order valence-electron chi connectivity index (χ3n) is 8.53. The molecule has 0 saturated heterocycles. The van der Waals surface area contributed by atoms with Crippen LogP contribution >= 0.6 is 0 Å². The standard InChI is InChI=1S/C43H74O6/c1-4-5-27-33-40(45)34-29-24-20-16-12-10-14-17-21-25-30-35-42(46)48-38-41(37-44)49-43(47)36-31-26-22-18-13-9-7-6-8-11-15-19-23-28-32-39(2)3/h10,12,17,20-21,24,29,34,39,41,44H,4-9,11,13-16,18-19,22-23,25-28,30-33,35-38H2,1-3H3/b12-10-,21-17-,24-20-,34-29+/t41-/m0/s1. The molecule has 1 N–H and O–H groups in total. The average Bonchev–Trinajstić information content (AvgIpc) is 3.08. The lowest BCUT2D eigenvalue weighted by molar-refractivity contribution is -0.161. The van der Waals surface area contributed by atoms with Gasteiger partial charge < -0.3 is 14.6 Å². The minimum absolute atomic E-state index is 0.112. The average molecular weight is 687 g/mol. The molecule has 0 amide bonds. The van der Waals surface area contributed by atoms with Crippen molar-refractivity contribution in [3.63, 3.8) is 0 Å². The Hall–Kier alpha value is -2.47. The van der Waals surface area contributed by atoms with E-state index in [2.05, 4.69) is 45.1 Å². The molecule has 0 radical (unpaired) electrons. The van der Waals surface area contributed by atoms with Crippen molar-refractivity contribution in [2.24, 2.45) is 5.92 Å². The summed E-state index contributed by atoms with van der Waals surface area (Å²) in [6.45, 7) is 6.28. The number of aliphatic hydroxyl groups excluding tert-OH is 1. The van der Waals surface area contributed by atoms with Gasteiger partial charge in [-0.3, -0.25) is 14.4 Å². The van der Waals surface area contributed by atoms with E-state index in [-0.39, 0.29) is 37.4 Å². The molecule has 0 rings (SSSR count). The fourth-order valence-corrected chi connectivity index (χ4v) is 5.45. The van der Waals surface area contributed by atoms with E-state index in [1.807, 2.05) is 18.2 Å². The molecule has 0 aromatic carbocycles. The summed E-state index contributed by atoms with van der Waals surface area (Å²) in [6, 6.07) is 0.